The van der Waals surface area contributed by atoms with Crippen molar-refractivity contribution in [1.29, 1.82) is 0 Å². The molecule has 1 fully saturated rings. The molecule has 1 amide bonds. The van der Waals surface area contributed by atoms with E-state index in [1.165, 1.54) is 0 Å². The van der Waals surface area contributed by atoms with Crippen LogP contribution in [0.3, 0.4) is 0 Å². The van der Waals surface area contributed by atoms with Crippen molar-refractivity contribution in [3.63, 3.8) is 0 Å². The molecule has 0 aliphatic carbocycles. The molecule has 1 heterocycles. The summed E-state index contributed by atoms with van der Waals surface area (Å²) in [4.78, 5) is 14.5. The summed E-state index contributed by atoms with van der Waals surface area (Å²) in [6, 6.07) is 17.8. The highest BCUT2D eigenvalue weighted by atomic mass is 32.1. The molecule has 3 rings (SSSR count). The molecular weight excluding hydrogens is 316 g/mol. The SMILES string of the molecule is CC1CCN(C(=S)NC(=O)c2ccc(-c3ccccc3)cc2)CC1. The molecule has 24 heavy (non-hydrogen) atoms. The van der Waals surface area contributed by atoms with Gasteiger partial charge in [-0.25, -0.2) is 0 Å². The number of thiocarbonyl (C=S) groups is 1. The van der Waals surface area contributed by atoms with Crippen LogP contribution >= 0.6 is 12.2 Å². The third-order valence-electron chi connectivity index (χ3n) is 4.55. The van der Waals surface area contributed by atoms with E-state index >= 15 is 0 Å². The Kier molecular flexibility index (Phi) is 5.26. The lowest BCUT2D eigenvalue weighted by atomic mass is 10.00. The quantitative estimate of drug-likeness (QED) is 0.837. The van der Waals surface area contributed by atoms with Gasteiger partial charge in [-0.15, -0.1) is 0 Å². The highest BCUT2D eigenvalue weighted by molar-refractivity contribution is 7.80. The summed E-state index contributed by atoms with van der Waals surface area (Å²) in [5.41, 5.74) is 2.87. The summed E-state index contributed by atoms with van der Waals surface area (Å²) in [7, 11) is 0. The molecule has 0 atom stereocenters. The maximum atomic E-state index is 12.4. The Morgan fingerprint density at radius 3 is 2.21 bits per heavy atom. The first-order valence-corrected chi connectivity index (χ1v) is 8.80. The van der Waals surface area contributed by atoms with Crippen LogP contribution in [0.1, 0.15) is 30.1 Å². The minimum absolute atomic E-state index is 0.141. The van der Waals surface area contributed by atoms with Gasteiger partial charge in [-0.1, -0.05) is 49.4 Å². The third-order valence-corrected chi connectivity index (χ3v) is 4.91. The van der Waals surface area contributed by atoms with Gasteiger partial charge in [0.15, 0.2) is 5.11 Å². The first-order chi connectivity index (χ1) is 11.6. The van der Waals surface area contributed by atoms with Crippen LogP contribution < -0.4 is 5.32 Å². The van der Waals surface area contributed by atoms with E-state index in [1.807, 2.05) is 42.5 Å². The summed E-state index contributed by atoms with van der Waals surface area (Å²) in [6.07, 6.45) is 2.25. The Balaban J connectivity index is 1.62. The number of rotatable bonds is 2. The molecule has 0 aromatic heterocycles. The van der Waals surface area contributed by atoms with Gasteiger partial charge in [0.2, 0.25) is 0 Å². The van der Waals surface area contributed by atoms with Gasteiger partial charge in [0, 0.05) is 18.7 Å². The standard InChI is InChI=1S/C20H22N2OS/c1-15-11-13-22(14-12-15)20(24)21-19(23)18-9-7-17(8-10-18)16-5-3-2-4-6-16/h2-10,15H,11-14H2,1H3,(H,21,23,24). The van der Waals surface area contributed by atoms with Crippen molar-refractivity contribution >= 4 is 23.2 Å². The molecule has 1 aliphatic rings. The fourth-order valence-corrected chi connectivity index (χ4v) is 3.18. The first-order valence-electron chi connectivity index (χ1n) is 8.39. The first kappa shape index (κ1) is 16.7. The van der Waals surface area contributed by atoms with Crippen molar-refractivity contribution in [2.75, 3.05) is 13.1 Å². The van der Waals surface area contributed by atoms with Gasteiger partial charge in [-0.3, -0.25) is 10.1 Å². The number of piperidine rings is 1. The van der Waals surface area contributed by atoms with Crippen molar-refractivity contribution in [3.05, 3.63) is 60.2 Å². The zero-order valence-corrected chi connectivity index (χ0v) is 14.7. The molecule has 4 heteroatoms. The largest absolute Gasteiger partial charge is 0.349 e. The molecule has 0 radical (unpaired) electrons. The number of nitrogens with one attached hydrogen (secondary N) is 1. The normalized spacial score (nSPS) is 15.1. The minimum Gasteiger partial charge on any atom is -0.349 e. The fourth-order valence-electron chi connectivity index (χ4n) is 2.90. The van der Waals surface area contributed by atoms with E-state index in [0.29, 0.717) is 10.7 Å². The molecule has 124 valence electrons. The zero-order chi connectivity index (χ0) is 16.9. The Labute approximate surface area is 148 Å². The average Bonchev–Trinajstić information content (AvgIpc) is 2.63. The smallest absolute Gasteiger partial charge is 0.257 e. The molecule has 0 saturated carbocycles. The number of carbonyl (C=O) groups is 1. The van der Waals surface area contributed by atoms with Crippen LogP contribution in [-0.4, -0.2) is 29.0 Å². The Hall–Kier alpha value is -2.20. The lowest BCUT2D eigenvalue weighted by Gasteiger charge is -2.32. The van der Waals surface area contributed by atoms with Gasteiger partial charge in [-0.2, -0.15) is 0 Å². The second kappa shape index (κ2) is 7.58. The van der Waals surface area contributed by atoms with E-state index in [4.69, 9.17) is 12.2 Å². The van der Waals surface area contributed by atoms with Crippen LogP contribution in [0.2, 0.25) is 0 Å². The number of nitrogens with zero attached hydrogens (tertiary/aromatic N) is 1. The maximum Gasteiger partial charge on any atom is 0.257 e. The van der Waals surface area contributed by atoms with Crippen LogP contribution in [0.15, 0.2) is 54.6 Å². The number of amides is 1. The van der Waals surface area contributed by atoms with E-state index < -0.39 is 0 Å². The topological polar surface area (TPSA) is 32.3 Å². The van der Waals surface area contributed by atoms with Gasteiger partial charge in [0.1, 0.15) is 0 Å². The van der Waals surface area contributed by atoms with Crippen LogP contribution in [0.4, 0.5) is 0 Å². The van der Waals surface area contributed by atoms with E-state index in [9.17, 15) is 4.79 Å². The summed E-state index contributed by atoms with van der Waals surface area (Å²) < 4.78 is 0. The molecule has 0 unspecified atom stereocenters. The second-order valence-corrected chi connectivity index (χ2v) is 6.76. The number of hydrogen-bond donors (Lipinski definition) is 1. The van der Waals surface area contributed by atoms with Crippen molar-refractivity contribution < 1.29 is 4.79 Å². The number of benzene rings is 2. The highest BCUT2D eigenvalue weighted by Crippen LogP contribution is 2.19. The van der Waals surface area contributed by atoms with Crippen molar-refractivity contribution in [3.8, 4) is 11.1 Å². The lowest BCUT2D eigenvalue weighted by Crippen LogP contribution is -2.46. The van der Waals surface area contributed by atoms with Crippen LogP contribution in [0.25, 0.3) is 11.1 Å². The Morgan fingerprint density at radius 1 is 1.00 bits per heavy atom. The predicted molar refractivity (Wildman–Crippen MR) is 102 cm³/mol. The molecule has 2 aromatic rings. The van der Waals surface area contributed by atoms with Gasteiger partial charge < -0.3 is 4.90 Å². The fraction of sp³-hybridized carbons (Fsp3) is 0.300. The molecule has 1 N–H and O–H groups in total. The molecule has 1 saturated heterocycles. The third kappa shape index (κ3) is 4.01. The maximum absolute atomic E-state index is 12.4. The van der Waals surface area contributed by atoms with Crippen LogP contribution in [0, 0.1) is 5.92 Å². The summed E-state index contributed by atoms with van der Waals surface area (Å²) in [5, 5.41) is 3.40. The second-order valence-electron chi connectivity index (χ2n) is 6.37. The molecule has 2 aromatic carbocycles. The molecule has 0 spiro atoms. The Morgan fingerprint density at radius 2 is 1.58 bits per heavy atom. The van der Waals surface area contributed by atoms with Gasteiger partial charge in [0.05, 0.1) is 0 Å². The van der Waals surface area contributed by atoms with Crippen LogP contribution in [-0.2, 0) is 0 Å². The number of carbonyl (C=O) groups excluding carboxylic acids is 1. The van der Waals surface area contributed by atoms with Gasteiger partial charge >= 0.3 is 0 Å². The van der Waals surface area contributed by atoms with Crippen molar-refractivity contribution in [2.45, 2.75) is 19.8 Å². The molecule has 1 aliphatic heterocycles. The number of hydrogen-bond acceptors (Lipinski definition) is 2. The summed E-state index contributed by atoms with van der Waals surface area (Å²) in [6.45, 7) is 4.10. The minimum atomic E-state index is -0.141. The molecule has 0 bridgehead atoms. The van der Waals surface area contributed by atoms with Crippen LogP contribution in [0.5, 0.6) is 0 Å². The summed E-state index contributed by atoms with van der Waals surface area (Å²) in [5.74, 6) is 0.600. The predicted octanol–water partition coefficient (Wildman–Crippen LogP) is 4.10. The lowest BCUT2D eigenvalue weighted by molar-refractivity contribution is 0.0972. The van der Waals surface area contributed by atoms with E-state index in [0.717, 1.165) is 43.0 Å². The zero-order valence-electron chi connectivity index (χ0n) is 13.9. The van der Waals surface area contributed by atoms with E-state index in [2.05, 4.69) is 29.3 Å². The molecular formula is C20H22N2OS. The van der Waals surface area contributed by atoms with Gasteiger partial charge in [0.25, 0.3) is 5.91 Å². The van der Waals surface area contributed by atoms with E-state index in [-0.39, 0.29) is 5.91 Å². The highest BCUT2D eigenvalue weighted by Gasteiger charge is 2.19. The van der Waals surface area contributed by atoms with Gasteiger partial charge in [-0.05, 0) is 54.2 Å². The van der Waals surface area contributed by atoms with Crippen molar-refractivity contribution in [1.82, 2.24) is 10.2 Å². The monoisotopic (exact) mass is 338 g/mol. The van der Waals surface area contributed by atoms with E-state index in [1.54, 1.807) is 0 Å². The molecule has 3 nitrogen and oxygen atoms in total. The summed E-state index contributed by atoms with van der Waals surface area (Å²) >= 11 is 5.39. The van der Waals surface area contributed by atoms with Crippen molar-refractivity contribution in [2.24, 2.45) is 5.92 Å². The Bertz CT molecular complexity index is 704. The average molecular weight is 338 g/mol. The number of likely N-dealkylation sites (tertiary alicyclic amines) is 1.